The minimum Gasteiger partial charge on any atom is -0.256 e. The third-order valence-electron chi connectivity index (χ3n) is 2.58. The maximum atomic E-state index is 11.9. The van der Waals surface area contributed by atoms with Gasteiger partial charge in [0.25, 0.3) is 0 Å². The van der Waals surface area contributed by atoms with E-state index in [1.54, 1.807) is 23.7 Å². The molecule has 0 spiro atoms. The summed E-state index contributed by atoms with van der Waals surface area (Å²) < 4.78 is 26.3. The van der Waals surface area contributed by atoms with Crippen LogP contribution in [0.3, 0.4) is 0 Å². The van der Waals surface area contributed by atoms with Crippen molar-refractivity contribution in [3.63, 3.8) is 0 Å². The van der Waals surface area contributed by atoms with E-state index in [1.165, 1.54) is 0 Å². The Balaban J connectivity index is 2.15. The molecule has 0 amide bonds. The van der Waals surface area contributed by atoms with E-state index in [9.17, 15) is 8.42 Å². The van der Waals surface area contributed by atoms with E-state index in [-0.39, 0.29) is 18.2 Å². The van der Waals surface area contributed by atoms with Crippen LogP contribution < -0.4 is 4.72 Å². The van der Waals surface area contributed by atoms with Crippen molar-refractivity contribution in [2.75, 3.05) is 5.75 Å². The summed E-state index contributed by atoms with van der Waals surface area (Å²) in [5.74, 6) is 0.201. The van der Waals surface area contributed by atoms with Gasteiger partial charge in [0.1, 0.15) is 0 Å². The number of nitrogens with one attached hydrogen (secondary N) is 1. The van der Waals surface area contributed by atoms with Crippen LogP contribution in [0, 0.1) is 5.92 Å². The lowest BCUT2D eigenvalue weighted by atomic mass is 10.2. The molecular weight excluding hydrogens is 294 g/mol. The second kappa shape index (κ2) is 6.43. The summed E-state index contributed by atoms with van der Waals surface area (Å²) in [7, 11) is -3.28. The van der Waals surface area contributed by atoms with Crippen LogP contribution in [0.25, 0.3) is 11.3 Å². The van der Waals surface area contributed by atoms with Crippen molar-refractivity contribution >= 4 is 21.4 Å². The van der Waals surface area contributed by atoms with E-state index >= 15 is 0 Å². The number of aromatic nitrogens is 2. The molecule has 2 rings (SSSR count). The van der Waals surface area contributed by atoms with Gasteiger partial charge in [-0.15, -0.1) is 0 Å². The lowest BCUT2D eigenvalue weighted by Crippen LogP contribution is -2.28. The minimum absolute atomic E-state index is 0.0886. The van der Waals surface area contributed by atoms with Crippen LogP contribution in [0.2, 0.25) is 0 Å². The first kappa shape index (κ1) is 15.1. The van der Waals surface area contributed by atoms with Gasteiger partial charge in [-0.25, -0.2) is 13.1 Å². The van der Waals surface area contributed by atoms with E-state index in [0.29, 0.717) is 5.69 Å². The molecule has 2 aromatic rings. The monoisotopic (exact) mass is 311 g/mol. The van der Waals surface area contributed by atoms with Gasteiger partial charge in [-0.1, -0.05) is 13.8 Å². The highest BCUT2D eigenvalue weighted by atomic mass is 32.2. The number of hydrogen-bond acceptors (Lipinski definition) is 5. The van der Waals surface area contributed by atoms with Crippen LogP contribution in [0.1, 0.15) is 19.5 Å². The molecule has 0 aliphatic heterocycles. The zero-order chi connectivity index (χ0) is 14.6. The van der Waals surface area contributed by atoms with Gasteiger partial charge >= 0.3 is 0 Å². The molecule has 1 N–H and O–H groups in total. The van der Waals surface area contributed by atoms with Gasteiger partial charge in [0.2, 0.25) is 10.0 Å². The maximum absolute atomic E-state index is 11.9. The number of hydrogen-bond donors (Lipinski definition) is 1. The van der Waals surface area contributed by atoms with Gasteiger partial charge < -0.3 is 0 Å². The normalized spacial score (nSPS) is 11.9. The lowest BCUT2D eigenvalue weighted by Gasteiger charge is -2.10. The summed E-state index contributed by atoms with van der Waals surface area (Å²) in [5.41, 5.74) is 2.32. The molecule has 0 aliphatic rings. The van der Waals surface area contributed by atoms with Crippen LogP contribution in [0.5, 0.6) is 0 Å². The molecule has 0 saturated heterocycles. The number of sulfonamides is 1. The molecular formula is C13H17N3O2S2. The van der Waals surface area contributed by atoms with Gasteiger partial charge in [0, 0.05) is 23.3 Å². The Morgan fingerprint density at radius 2 is 2.05 bits per heavy atom. The summed E-state index contributed by atoms with van der Waals surface area (Å²) in [5, 5.41) is 3.92. The molecule has 0 radical (unpaired) electrons. The fraction of sp³-hybridized carbons (Fsp3) is 0.385. The first-order valence-corrected chi connectivity index (χ1v) is 8.87. The Bertz CT molecular complexity index is 652. The fourth-order valence-corrected chi connectivity index (χ4v) is 3.81. The van der Waals surface area contributed by atoms with Crippen LogP contribution in [-0.4, -0.2) is 24.1 Å². The summed E-state index contributed by atoms with van der Waals surface area (Å²) >= 11 is 1.57. The Labute approximate surface area is 123 Å². The standard InChI is InChI=1S/C13H17N3O2S2/c1-10(2)9-20(17,18)16-7-12-13(15-5-4-14-12)11-3-6-19-8-11/h3-6,8,10,16H,7,9H2,1-2H3. The fourth-order valence-electron chi connectivity index (χ4n) is 1.81. The lowest BCUT2D eigenvalue weighted by molar-refractivity contribution is 0.567. The van der Waals surface area contributed by atoms with E-state index in [0.717, 1.165) is 11.3 Å². The zero-order valence-electron chi connectivity index (χ0n) is 11.4. The van der Waals surface area contributed by atoms with Crippen molar-refractivity contribution in [1.29, 1.82) is 0 Å². The highest BCUT2D eigenvalue weighted by Gasteiger charge is 2.15. The first-order valence-electron chi connectivity index (χ1n) is 6.28. The molecule has 2 heterocycles. The predicted octanol–water partition coefficient (Wildman–Crippen LogP) is 2.28. The smallest absolute Gasteiger partial charge is 0.212 e. The molecule has 0 bridgehead atoms. The van der Waals surface area contributed by atoms with Gasteiger partial charge in [0.05, 0.1) is 23.7 Å². The molecule has 0 atom stereocenters. The zero-order valence-corrected chi connectivity index (χ0v) is 13.0. The molecule has 108 valence electrons. The molecule has 0 unspecified atom stereocenters. The highest BCUT2D eigenvalue weighted by Crippen LogP contribution is 2.22. The van der Waals surface area contributed by atoms with E-state index in [1.807, 2.05) is 30.7 Å². The Kier molecular flexibility index (Phi) is 4.85. The maximum Gasteiger partial charge on any atom is 0.212 e. The van der Waals surface area contributed by atoms with Crippen molar-refractivity contribution in [2.45, 2.75) is 20.4 Å². The summed E-state index contributed by atoms with van der Waals surface area (Å²) in [6.45, 7) is 3.91. The SMILES string of the molecule is CC(C)CS(=O)(=O)NCc1nccnc1-c1ccsc1. The van der Waals surface area contributed by atoms with E-state index in [2.05, 4.69) is 14.7 Å². The molecule has 5 nitrogen and oxygen atoms in total. The molecule has 7 heteroatoms. The molecule has 20 heavy (non-hydrogen) atoms. The predicted molar refractivity (Wildman–Crippen MR) is 80.8 cm³/mol. The van der Waals surface area contributed by atoms with Gasteiger partial charge in [0.15, 0.2) is 0 Å². The van der Waals surface area contributed by atoms with E-state index < -0.39 is 10.0 Å². The number of nitrogens with zero attached hydrogens (tertiary/aromatic N) is 2. The third kappa shape index (κ3) is 4.09. The number of rotatable bonds is 6. The summed E-state index contributed by atoms with van der Waals surface area (Å²) in [6.07, 6.45) is 3.18. The van der Waals surface area contributed by atoms with Crippen molar-refractivity contribution in [1.82, 2.24) is 14.7 Å². The van der Waals surface area contributed by atoms with E-state index in [4.69, 9.17) is 0 Å². The van der Waals surface area contributed by atoms with Crippen LogP contribution in [-0.2, 0) is 16.6 Å². The second-order valence-electron chi connectivity index (χ2n) is 4.86. The van der Waals surface area contributed by atoms with Crippen LogP contribution in [0.15, 0.2) is 29.2 Å². The quantitative estimate of drug-likeness (QED) is 0.888. The van der Waals surface area contributed by atoms with Gasteiger partial charge in [-0.3, -0.25) is 9.97 Å². The molecule has 0 aliphatic carbocycles. The third-order valence-corrected chi connectivity index (χ3v) is 4.95. The van der Waals surface area contributed by atoms with Crippen LogP contribution >= 0.6 is 11.3 Å². The second-order valence-corrected chi connectivity index (χ2v) is 7.49. The highest BCUT2D eigenvalue weighted by molar-refractivity contribution is 7.89. The Morgan fingerprint density at radius 3 is 2.70 bits per heavy atom. The average Bonchev–Trinajstić information content (AvgIpc) is 2.89. The summed E-state index contributed by atoms with van der Waals surface area (Å²) in [6, 6.07) is 1.95. The molecule has 2 aromatic heterocycles. The van der Waals surface area contributed by atoms with Crippen molar-refractivity contribution in [3.05, 3.63) is 34.9 Å². The average molecular weight is 311 g/mol. The van der Waals surface area contributed by atoms with Gasteiger partial charge in [-0.2, -0.15) is 11.3 Å². The summed E-state index contributed by atoms with van der Waals surface area (Å²) in [4.78, 5) is 8.52. The largest absolute Gasteiger partial charge is 0.256 e. The molecule has 0 saturated carbocycles. The van der Waals surface area contributed by atoms with Crippen molar-refractivity contribution in [3.8, 4) is 11.3 Å². The van der Waals surface area contributed by atoms with Crippen molar-refractivity contribution < 1.29 is 8.42 Å². The first-order chi connectivity index (χ1) is 9.48. The molecule has 0 aromatic carbocycles. The topological polar surface area (TPSA) is 72.0 Å². The number of thiophene rings is 1. The Hall–Kier alpha value is -1.31. The van der Waals surface area contributed by atoms with Gasteiger partial charge in [-0.05, 0) is 17.4 Å². The van der Waals surface area contributed by atoms with Crippen molar-refractivity contribution in [2.24, 2.45) is 5.92 Å². The Morgan fingerprint density at radius 1 is 1.30 bits per heavy atom. The molecule has 0 fully saturated rings. The minimum atomic E-state index is -3.28. The van der Waals surface area contributed by atoms with Crippen LogP contribution in [0.4, 0.5) is 0 Å².